The second-order valence-corrected chi connectivity index (χ2v) is 3.22. The fourth-order valence-corrected chi connectivity index (χ4v) is 1.10. The number of carbonyl (C=O) groups is 2. The summed E-state index contributed by atoms with van der Waals surface area (Å²) in [5, 5.41) is 0. The van der Waals surface area contributed by atoms with Crippen LogP contribution in [0, 0.1) is 5.92 Å². The Bertz CT molecular complexity index is 232. The molecular weight excluding hydrogens is 219 g/mol. The minimum absolute atomic E-state index is 0. The summed E-state index contributed by atoms with van der Waals surface area (Å²) in [6.45, 7) is 9.32. The van der Waals surface area contributed by atoms with Crippen molar-refractivity contribution < 1.29 is 19.1 Å². The first-order chi connectivity index (χ1) is 7.02. The zero-order valence-corrected chi connectivity index (χ0v) is 9.54. The van der Waals surface area contributed by atoms with Crippen LogP contribution in [-0.2, 0) is 19.1 Å². The normalized spacial score (nSPS) is 9.25. The van der Waals surface area contributed by atoms with Crippen molar-refractivity contribution in [3.05, 3.63) is 12.2 Å². The molecule has 0 fully saturated rings. The van der Waals surface area contributed by atoms with Gasteiger partial charge in [0.1, 0.15) is 0 Å². The number of hydrogen-bond donors (Lipinski definition) is 0. The molecule has 16 heavy (non-hydrogen) atoms. The van der Waals surface area contributed by atoms with E-state index in [1.165, 1.54) is 0 Å². The van der Waals surface area contributed by atoms with Gasteiger partial charge in [0.2, 0.25) is 0 Å². The zero-order valence-electron chi connectivity index (χ0n) is 9.54. The van der Waals surface area contributed by atoms with Gasteiger partial charge in [0.15, 0.2) is 5.92 Å². The van der Waals surface area contributed by atoms with Gasteiger partial charge in [0, 0.05) is 0 Å². The Balaban J connectivity index is 0. The van der Waals surface area contributed by atoms with E-state index in [1.54, 1.807) is 20.8 Å². The molecule has 0 unspecified atom stereocenters. The van der Waals surface area contributed by atoms with Crippen molar-refractivity contribution >= 4 is 41.5 Å². The van der Waals surface area contributed by atoms with Crippen LogP contribution in [0.5, 0.6) is 0 Å². The van der Waals surface area contributed by atoms with Gasteiger partial charge >= 0.3 is 41.5 Å². The van der Waals surface area contributed by atoms with Crippen molar-refractivity contribution in [2.45, 2.75) is 27.2 Å². The van der Waals surface area contributed by atoms with Crippen LogP contribution in [-0.4, -0.2) is 54.7 Å². The summed E-state index contributed by atoms with van der Waals surface area (Å²) < 4.78 is 9.58. The molecule has 0 aromatic rings. The summed E-state index contributed by atoms with van der Waals surface area (Å²) in [5.74, 6) is -1.96. The van der Waals surface area contributed by atoms with Crippen molar-refractivity contribution in [3.63, 3.8) is 0 Å². The molecule has 0 aromatic heterocycles. The average molecular weight is 238 g/mol. The Hall–Kier alpha value is -0.320. The maximum absolute atomic E-state index is 11.4. The molecule has 0 rings (SSSR count). The Morgan fingerprint density at radius 1 is 1.12 bits per heavy atom. The molecular formula is C11H19NaO4. The van der Waals surface area contributed by atoms with E-state index in [-0.39, 0.29) is 49.2 Å². The van der Waals surface area contributed by atoms with E-state index < -0.39 is 17.9 Å². The van der Waals surface area contributed by atoms with E-state index in [0.717, 1.165) is 5.57 Å². The third kappa shape index (κ3) is 7.04. The molecule has 0 heterocycles. The molecule has 0 aliphatic heterocycles. The van der Waals surface area contributed by atoms with Crippen LogP contribution >= 0.6 is 0 Å². The summed E-state index contributed by atoms with van der Waals surface area (Å²) in [6.07, 6.45) is 0.275. The standard InChI is InChI=1S/C11H18O4.Na.H/c1-5-14-10(12)9(7-8(3)4)11(13)15-6-2;;/h9H,3,5-7H2,1-2,4H3;;. The second kappa shape index (κ2) is 9.87. The van der Waals surface area contributed by atoms with Crippen LogP contribution in [0.25, 0.3) is 0 Å². The van der Waals surface area contributed by atoms with E-state index >= 15 is 0 Å². The van der Waals surface area contributed by atoms with Crippen LogP contribution in [0.15, 0.2) is 12.2 Å². The van der Waals surface area contributed by atoms with Crippen molar-refractivity contribution in [1.29, 1.82) is 0 Å². The summed E-state index contributed by atoms with van der Waals surface area (Å²) in [5.41, 5.74) is 0.751. The summed E-state index contributed by atoms with van der Waals surface area (Å²) in [7, 11) is 0. The Labute approximate surface area is 119 Å². The Kier molecular flexibility index (Phi) is 11.1. The molecule has 0 atom stereocenters. The number of allylic oxidation sites excluding steroid dienone is 1. The van der Waals surface area contributed by atoms with E-state index in [0.29, 0.717) is 0 Å². The van der Waals surface area contributed by atoms with Gasteiger partial charge in [-0.15, -0.1) is 6.58 Å². The predicted molar refractivity (Wildman–Crippen MR) is 63.3 cm³/mol. The molecule has 0 radical (unpaired) electrons. The molecule has 0 spiro atoms. The van der Waals surface area contributed by atoms with Crippen molar-refractivity contribution in [2.24, 2.45) is 5.92 Å². The number of carbonyl (C=O) groups excluding carboxylic acids is 2. The molecule has 88 valence electrons. The summed E-state index contributed by atoms with van der Waals surface area (Å²) >= 11 is 0. The van der Waals surface area contributed by atoms with E-state index in [9.17, 15) is 9.59 Å². The second-order valence-electron chi connectivity index (χ2n) is 3.22. The molecule has 0 saturated carbocycles. The third-order valence-electron chi connectivity index (χ3n) is 1.69. The van der Waals surface area contributed by atoms with Crippen molar-refractivity contribution in [3.8, 4) is 0 Å². The van der Waals surface area contributed by atoms with Gasteiger partial charge < -0.3 is 9.47 Å². The van der Waals surface area contributed by atoms with Crippen LogP contribution in [0.1, 0.15) is 27.2 Å². The van der Waals surface area contributed by atoms with Crippen LogP contribution < -0.4 is 0 Å². The van der Waals surface area contributed by atoms with E-state index in [4.69, 9.17) is 9.47 Å². The maximum atomic E-state index is 11.4. The number of rotatable bonds is 6. The number of esters is 2. The van der Waals surface area contributed by atoms with Crippen molar-refractivity contribution in [2.75, 3.05) is 13.2 Å². The SMILES string of the molecule is C=C(C)CC(C(=O)OCC)C(=O)OCC.[NaH]. The van der Waals surface area contributed by atoms with Crippen LogP contribution in [0.2, 0.25) is 0 Å². The average Bonchev–Trinajstić information content (AvgIpc) is 2.14. The molecule has 0 bridgehead atoms. The molecule has 0 amide bonds. The molecule has 0 N–H and O–H groups in total. The first-order valence-electron chi connectivity index (χ1n) is 5.00. The topological polar surface area (TPSA) is 52.6 Å². The van der Waals surface area contributed by atoms with Crippen molar-refractivity contribution in [1.82, 2.24) is 0 Å². The first-order valence-corrected chi connectivity index (χ1v) is 5.00. The molecule has 0 aliphatic rings. The molecule has 0 aromatic carbocycles. The van der Waals surface area contributed by atoms with Gasteiger partial charge in [-0.1, -0.05) is 5.57 Å². The number of ether oxygens (including phenoxy) is 2. The molecule has 0 aliphatic carbocycles. The summed E-state index contributed by atoms with van der Waals surface area (Å²) in [4.78, 5) is 22.9. The van der Waals surface area contributed by atoms with E-state index in [2.05, 4.69) is 6.58 Å². The van der Waals surface area contributed by atoms with Gasteiger partial charge in [-0.05, 0) is 27.2 Å². The van der Waals surface area contributed by atoms with Gasteiger partial charge in [-0.3, -0.25) is 9.59 Å². The minimum atomic E-state index is -0.873. The van der Waals surface area contributed by atoms with Crippen LogP contribution in [0.4, 0.5) is 0 Å². The van der Waals surface area contributed by atoms with Gasteiger partial charge in [0.25, 0.3) is 0 Å². The molecule has 4 nitrogen and oxygen atoms in total. The number of hydrogen-bond acceptors (Lipinski definition) is 4. The monoisotopic (exact) mass is 238 g/mol. The molecule has 0 saturated heterocycles. The van der Waals surface area contributed by atoms with Gasteiger partial charge in [-0.2, -0.15) is 0 Å². The first kappa shape index (κ1) is 18.1. The third-order valence-corrected chi connectivity index (χ3v) is 1.69. The molecule has 5 heteroatoms. The van der Waals surface area contributed by atoms with E-state index in [1.807, 2.05) is 0 Å². The predicted octanol–water partition coefficient (Wildman–Crippen LogP) is 1.05. The summed E-state index contributed by atoms with van der Waals surface area (Å²) in [6, 6.07) is 0. The zero-order chi connectivity index (χ0) is 11.8. The fourth-order valence-electron chi connectivity index (χ4n) is 1.10. The van der Waals surface area contributed by atoms with Gasteiger partial charge in [0.05, 0.1) is 13.2 Å². The Morgan fingerprint density at radius 3 is 1.75 bits per heavy atom. The quantitative estimate of drug-likeness (QED) is 0.300. The Morgan fingerprint density at radius 2 is 1.50 bits per heavy atom. The van der Waals surface area contributed by atoms with Crippen LogP contribution in [0.3, 0.4) is 0 Å². The fraction of sp³-hybridized carbons (Fsp3) is 0.636. The van der Waals surface area contributed by atoms with Gasteiger partial charge in [-0.25, -0.2) is 0 Å².